The lowest BCUT2D eigenvalue weighted by Crippen LogP contribution is -2.45. The molecule has 10 aromatic rings. The molecule has 2 atom stereocenters. The number of aliphatic imine (C=N–C) groups is 1. The van der Waals surface area contributed by atoms with Gasteiger partial charge in [0.05, 0.1) is 16.4 Å². The van der Waals surface area contributed by atoms with E-state index in [0.29, 0.717) is 0 Å². The van der Waals surface area contributed by atoms with Crippen molar-refractivity contribution in [1.29, 1.82) is 0 Å². The molecule has 0 saturated carbocycles. The van der Waals surface area contributed by atoms with Crippen LogP contribution in [-0.2, 0) is 5.41 Å². The van der Waals surface area contributed by atoms with Crippen molar-refractivity contribution in [3.8, 4) is 27.9 Å². The van der Waals surface area contributed by atoms with Crippen molar-refractivity contribution in [1.82, 2.24) is 14.8 Å². The Labute approximate surface area is 368 Å². The van der Waals surface area contributed by atoms with Crippen LogP contribution in [0, 0.1) is 0 Å². The average Bonchev–Trinajstić information content (AvgIpc) is 3.85. The van der Waals surface area contributed by atoms with Crippen LogP contribution in [0.4, 0.5) is 0 Å². The molecule has 4 nitrogen and oxygen atoms in total. The lowest BCUT2D eigenvalue weighted by molar-refractivity contribution is 0.152. The molecule has 0 spiro atoms. The summed E-state index contributed by atoms with van der Waals surface area (Å²) >= 11 is 0. The number of nitrogens with zero attached hydrogens (tertiary/aromatic N) is 3. The Morgan fingerprint density at radius 3 is 1.68 bits per heavy atom. The van der Waals surface area contributed by atoms with Gasteiger partial charge in [-0.05, 0) is 86.9 Å². The maximum Gasteiger partial charge on any atom is 0.132 e. The van der Waals surface area contributed by atoms with Crippen molar-refractivity contribution < 1.29 is 0 Å². The molecule has 9 aromatic carbocycles. The van der Waals surface area contributed by atoms with Crippen LogP contribution in [0.5, 0.6) is 0 Å². The van der Waals surface area contributed by atoms with E-state index in [1.54, 1.807) is 0 Å². The van der Waals surface area contributed by atoms with Crippen molar-refractivity contribution in [3.63, 3.8) is 0 Å². The standard InChI is InChI=1S/C59H44N4/c1-62-57(41-21-8-3-9-22-41)60-56(61-58(62)42-23-10-4-11-24-42)44-25-18-28-47(37-44)63-54-38-43(40-19-6-2-7-20-40)33-35-50(54)51-36-34-46(39-55(51)63)59(45-26-12-5-13-27-45)52-31-16-14-29-48(52)49-30-15-17-32-53(49)59/h2-39,57-58H,1H3,(H,60,61). The number of amidine groups is 1. The minimum absolute atomic E-state index is 0.0804. The molecule has 2 heterocycles. The zero-order valence-corrected chi connectivity index (χ0v) is 34.9. The monoisotopic (exact) mass is 808 g/mol. The average molecular weight is 809 g/mol. The van der Waals surface area contributed by atoms with Crippen LogP contribution in [-0.4, -0.2) is 22.4 Å². The van der Waals surface area contributed by atoms with Gasteiger partial charge in [0, 0.05) is 22.0 Å². The van der Waals surface area contributed by atoms with Gasteiger partial charge in [0.25, 0.3) is 0 Å². The van der Waals surface area contributed by atoms with Crippen LogP contribution in [0.1, 0.15) is 51.3 Å². The summed E-state index contributed by atoms with van der Waals surface area (Å²) < 4.78 is 2.48. The van der Waals surface area contributed by atoms with Crippen molar-refractivity contribution in [2.45, 2.75) is 17.7 Å². The summed E-state index contributed by atoms with van der Waals surface area (Å²) in [5.74, 6) is 0.867. The minimum atomic E-state index is -0.521. The number of benzene rings is 9. The van der Waals surface area contributed by atoms with E-state index in [9.17, 15) is 0 Å². The van der Waals surface area contributed by atoms with Gasteiger partial charge in [-0.25, -0.2) is 4.99 Å². The van der Waals surface area contributed by atoms with Gasteiger partial charge in [0.2, 0.25) is 0 Å². The Kier molecular flexibility index (Phi) is 8.80. The summed E-state index contributed by atoms with van der Waals surface area (Å²) in [4.78, 5) is 7.77. The van der Waals surface area contributed by atoms with Gasteiger partial charge in [-0.15, -0.1) is 0 Å². The maximum atomic E-state index is 5.45. The van der Waals surface area contributed by atoms with Crippen molar-refractivity contribution in [3.05, 3.63) is 269 Å². The van der Waals surface area contributed by atoms with Gasteiger partial charge in [-0.2, -0.15) is 0 Å². The second kappa shape index (κ2) is 15.0. The highest BCUT2D eigenvalue weighted by Crippen LogP contribution is 2.56. The number of fused-ring (bicyclic) bond motifs is 6. The van der Waals surface area contributed by atoms with E-state index in [4.69, 9.17) is 4.99 Å². The third-order valence-electron chi connectivity index (χ3n) is 13.4. The number of aromatic nitrogens is 1. The summed E-state index contributed by atoms with van der Waals surface area (Å²) in [7, 11) is 2.16. The third kappa shape index (κ3) is 5.90. The Bertz CT molecular complexity index is 3290. The predicted octanol–water partition coefficient (Wildman–Crippen LogP) is 13.5. The van der Waals surface area contributed by atoms with Crippen LogP contribution >= 0.6 is 0 Å². The zero-order valence-electron chi connectivity index (χ0n) is 34.9. The van der Waals surface area contributed by atoms with E-state index in [1.807, 2.05) is 0 Å². The highest BCUT2D eigenvalue weighted by atomic mass is 15.4. The van der Waals surface area contributed by atoms with E-state index < -0.39 is 5.41 Å². The summed E-state index contributed by atoms with van der Waals surface area (Å²) in [5, 5.41) is 6.29. The largest absolute Gasteiger partial charge is 0.350 e. The molecular weight excluding hydrogens is 765 g/mol. The molecule has 300 valence electrons. The smallest absolute Gasteiger partial charge is 0.132 e. The highest BCUT2D eigenvalue weighted by Gasteiger charge is 2.46. The quantitative estimate of drug-likeness (QED) is 0.174. The van der Waals surface area contributed by atoms with Gasteiger partial charge < -0.3 is 9.88 Å². The van der Waals surface area contributed by atoms with Gasteiger partial charge in [0.15, 0.2) is 0 Å². The van der Waals surface area contributed by atoms with Crippen LogP contribution < -0.4 is 5.32 Å². The second-order valence-electron chi connectivity index (χ2n) is 16.8. The first-order chi connectivity index (χ1) is 31.2. The Hall–Kier alpha value is -7.79. The lowest BCUT2D eigenvalue weighted by atomic mass is 9.67. The predicted molar refractivity (Wildman–Crippen MR) is 259 cm³/mol. The van der Waals surface area contributed by atoms with Gasteiger partial charge in [-0.1, -0.05) is 206 Å². The number of hydrogen-bond acceptors (Lipinski definition) is 3. The van der Waals surface area contributed by atoms with E-state index in [-0.39, 0.29) is 12.3 Å². The molecular formula is C59H44N4. The van der Waals surface area contributed by atoms with Gasteiger partial charge in [0.1, 0.15) is 18.2 Å². The zero-order chi connectivity index (χ0) is 41.9. The summed E-state index contributed by atoms with van der Waals surface area (Å²) in [6.45, 7) is 0. The van der Waals surface area contributed by atoms with Crippen LogP contribution in [0.15, 0.2) is 236 Å². The molecule has 2 aliphatic rings. The molecule has 2 unspecified atom stereocenters. The SMILES string of the molecule is CN1C(c2ccccc2)N=C(c2cccc(-n3c4cc(-c5ccccc5)ccc4c4ccc(C5(c6ccccc6)c6ccccc6-c6ccccc65)cc43)c2)NC1c1ccccc1. The molecule has 0 saturated heterocycles. The topological polar surface area (TPSA) is 32.6 Å². The van der Waals surface area contributed by atoms with E-state index in [1.165, 1.54) is 60.8 Å². The fourth-order valence-electron chi connectivity index (χ4n) is 10.5. The fourth-order valence-corrected chi connectivity index (χ4v) is 10.5. The number of hydrogen-bond donors (Lipinski definition) is 1. The van der Waals surface area contributed by atoms with Gasteiger partial charge >= 0.3 is 0 Å². The van der Waals surface area contributed by atoms with E-state index >= 15 is 0 Å². The Balaban J connectivity index is 1.10. The molecule has 0 amide bonds. The van der Waals surface area contributed by atoms with Crippen LogP contribution in [0.3, 0.4) is 0 Å². The first-order valence-electron chi connectivity index (χ1n) is 21.8. The molecule has 12 rings (SSSR count). The molecule has 1 N–H and O–H groups in total. The summed E-state index contributed by atoms with van der Waals surface area (Å²) in [6, 6.07) is 84.1. The van der Waals surface area contributed by atoms with Crippen LogP contribution in [0.25, 0.3) is 49.7 Å². The van der Waals surface area contributed by atoms with Gasteiger partial charge in [-0.3, -0.25) is 4.90 Å². The number of rotatable bonds is 7. The molecule has 1 aliphatic heterocycles. The normalized spacial score (nSPS) is 16.6. The van der Waals surface area contributed by atoms with E-state index in [0.717, 1.165) is 33.7 Å². The molecule has 1 aliphatic carbocycles. The molecule has 0 radical (unpaired) electrons. The van der Waals surface area contributed by atoms with Crippen molar-refractivity contribution >= 4 is 27.6 Å². The lowest BCUT2D eigenvalue weighted by Gasteiger charge is -2.39. The third-order valence-corrected chi connectivity index (χ3v) is 13.4. The van der Waals surface area contributed by atoms with E-state index in [2.05, 4.69) is 252 Å². The highest BCUT2D eigenvalue weighted by molar-refractivity contribution is 6.11. The fraction of sp³-hybridized carbons (Fsp3) is 0.0678. The number of nitrogens with one attached hydrogen (secondary N) is 1. The second-order valence-corrected chi connectivity index (χ2v) is 16.8. The molecule has 0 bridgehead atoms. The van der Waals surface area contributed by atoms with Crippen molar-refractivity contribution in [2.24, 2.45) is 4.99 Å². The first-order valence-corrected chi connectivity index (χ1v) is 21.8. The first kappa shape index (κ1) is 37.0. The maximum absolute atomic E-state index is 5.45. The Morgan fingerprint density at radius 1 is 0.444 bits per heavy atom. The van der Waals surface area contributed by atoms with Crippen molar-refractivity contribution in [2.75, 3.05) is 7.05 Å². The molecule has 63 heavy (non-hydrogen) atoms. The molecule has 0 fully saturated rings. The molecule has 1 aromatic heterocycles. The Morgan fingerprint density at radius 2 is 1.00 bits per heavy atom. The summed E-state index contributed by atoms with van der Waals surface area (Å²) in [6.07, 6.45) is -0.255. The minimum Gasteiger partial charge on any atom is -0.350 e. The van der Waals surface area contributed by atoms with Crippen LogP contribution in [0.2, 0.25) is 0 Å². The summed E-state index contributed by atoms with van der Waals surface area (Å²) in [5.41, 5.74) is 16.3. The molecule has 4 heteroatoms.